The summed E-state index contributed by atoms with van der Waals surface area (Å²) in [4.78, 5) is 62.5. The van der Waals surface area contributed by atoms with E-state index in [-0.39, 0.29) is 35.9 Å². The van der Waals surface area contributed by atoms with Gasteiger partial charge in [-0.25, -0.2) is 14.8 Å². The smallest absolute Gasteiger partial charge is 0.407 e. The number of carbonyl (C=O) groups excluding carboxylic acids is 3. The van der Waals surface area contributed by atoms with E-state index in [1.807, 2.05) is 85.2 Å². The number of imidazole rings is 2. The Labute approximate surface area is 356 Å². The van der Waals surface area contributed by atoms with Crippen molar-refractivity contribution in [2.75, 3.05) is 34.3 Å². The summed E-state index contributed by atoms with van der Waals surface area (Å²) >= 11 is 0. The Bertz CT molecular complexity index is 2600. The first kappa shape index (κ1) is 40.2. The second-order valence-electron chi connectivity index (χ2n) is 17.3. The number of fused-ring (bicyclic) bond motifs is 4. The molecule has 2 fully saturated rings. The van der Waals surface area contributed by atoms with Crippen LogP contribution in [0.5, 0.6) is 0 Å². The molecule has 9 rings (SSSR count). The van der Waals surface area contributed by atoms with Crippen molar-refractivity contribution in [3.8, 4) is 33.5 Å². The molecule has 0 spiro atoms. The van der Waals surface area contributed by atoms with Crippen LogP contribution in [0.2, 0.25) is 0 Å². The van der Waals surface area contributed by atoms with Crippen molar-refractivity contribution in [1.82, 2.24) is 40.0 Å². The van der Waals surface area contributed by atoms with Gasteiger partial charge in [0.25, 0.3) is 0 Å². The Morgan fingerprint density at radius 3 is 2.07 bits per heavy atom. The molecule has 12 nitrogen and oxygen atoms in total. The monoisotopic (exact) mass is 818 g/mol. The van der Waals surface area contributed by atoms with Crippen LogP contribution in [-0.2, 0) is 27.2 Å². The fourth-order valence-corrected chi connectivity index (χ4v) is 9.72. The van der Waals surface area contributed by atoms with E-state index in [0.29, 0.717) is 6.54 Å². The van der Waals surface area contributed by atoms with Gasteiger partial charge in [-0.3, -0.25) is 14.5 Å². The Kier molecular flexibility index (Phi) is 11.0. The third-order valence-electron chi connectivity index (χ3n) is 12.9. The number of H-pyrrole nitrogens is 2. The van der Waals surface area contributed by atoms with Crippen LogP contribution < -0.4 is 5.32 Å². The number of hydrogen-bond donors (Lipinski definition) is 3. The molecule has 4 heterocycles. The molecule has 0 bridgehead atoms. The lowest BCUT2D eigenvalue weighted by atomic mass is 9.83. The first-order valence-corrected chi connectivity index (χ1v) is 21.6. The number of alkyl carbamates (subject to hydrolysis) is 1. The lowest BCUT2D eigenvalue weighted by Gasteiger charge is -2.31. The third-order valence-corrected chi connectivity index (χ3v) is 12.9. The first-order chi connectivity index (χ1) is 29.6. The molecule has 314 valence electrons. The van der Waals surface area contributed by atoms with Crippen LogP contribution >= 0.6 is 0 Å². The van der Waals surface area contributed by atoms with Crippen LogP contribution in [-0.4, -0.2) is 92.9 Å². The fourth-order valence-electron chi connectivity index (χ4n) is 9.72. The standard InChI is InChI=1S/C49H54N8O4/c1-29(2)43(54-49(60)61-5)47(58)56-23-10-14-42(56)46-51-38-22-19-32(27-39(38)52-46)31-17-20-36-33(25-31)15-16-34-26-35(18-21-37(34)36)40-28-50-45(53-40)41-13-9-24-57(41)48(59)44(55(3)4)30-11-7-6-8-12-30/h6-8,11-12,17-22,25-29,41-44H,9-10,13-16,23-24H2,1-5H3,(H,50,53)(H,51,52)(H,54,60)/t41-,42-,43-,44?/m0/s1. The summed E-state index contributed by atoms with van der Waals surface area (Å²) in [7, 11) is 5.23. The number of aryl methyl sites for hydroxylation is 2. The molecule has 0 saturated carbocycles. The maximum atomic E-state index is 14.0. The zero-order valence-corrected chi connectivity index (χ0v) is 35.6. The average molecular weight is 819 g/mol. The van der Waals surface area contributed by atoms with Gasteiger partial charge in [0.1, 0.15) is 23.7 Å². The van der Waals surface area contributed by atoms with Crippen LogP contribution in [0, 0.1) is 5.92 Å². The van der Waals surface area contributed by atoms with E-state index in [0.717, 1.165) is 95.7 Å². The van der Waals surface area contributed by atoms with Gasteiger partial charge in [0.2, 0.25) is 11.8 Å². The topological polar surface area (TPSA) is 140 Å². The molecule has 6 aromatic rings. The highest BCUT2D eigenvalue weighted by molar-refractivity contribution is 5.88. The van der Waals surface area contributed by atoms with Crippen LogP contribution in [0.4, 0.5) is 4.79 Å². The van der Waals surface area contributed by atoms with Gasteiger partial charge in [-0.1, -0.05) is 80.6 Å². The molecule has 61 heavy (non-hydrogen) atoms. The van der Waals surface area contributed by atoms with Gasteiger partial charge in [0, 0.05) is 13.1 Å². The normalized spacial score (nSPS) is 18.3. The zero-order valence-electron chi connectivity index (χ0n) is 35.6. The minimum absolute atomic E-state index is 0.0867. The van der Waals surface area contributed by atoms with Crippen LogP contribution in [0.3, 0.4) is 0 Å². The van der Waals surface area contributed by atoms with Gasteiger partial charge in [-0.2, -0.15) is 0 Å². The van der Waals surface area contributed by atoms with E-state index in [2.05, 4.69) is 63.8 Å². The zero-order chi connectivity index (χ0) is 42.4. The molecule has 3 N–H and O–H groups in total. The molecular weight excluding hydrogens is 765 g/mol. The maximum absolute atomic E-state index is 14.0. The summed E-state index contributed by atoms with van der Waals surface area (Å²) in [6, 6.07) is 28.5. The number of nitrogens with one attached hydrogen (secondary N) is 3. The number of likely N-dealkylation sites (tertiary alicyclic amines) is 2. The molecular formula is C49H54N8O4. The number of benzene rings is 4. The lowest BCUT2D eigenvalue weighted by molar-refractivity contribution is -0.137. The highest BCUT2D eigenvalue weighted by atomic mass is 16.5. The predicted octanol–water partition coefficient (Wildman–Crippen LogP) is 8.40. The van der Waals surface area contributed by atoms with E-state index < -0.39 is 12.1 Å². The molecule has 4 atom stereocenters. The average Bonchev–Trinajstić information content (AvgIpc) is 4.11. The quantitative estimate of drug-likeness (QED) is 0.126. The second-order valence-corrected chi connectivity index (χ2v) is 17.3. The van der Waals surface area contributed by atoms with Crippen molar-refractivity contribution in [3.05, 3.63) is 119 Å². The minimum atomic E-state index is -0.679. The molecule has 3 amide bonds. The Hall–Kier alpha value is -6.27. The molecule has 12 heteroatoms. The van der Waals surface area contributed by atoms with Gasteiger partial charge in [0.15, 0.2) is 0 Å². The van der Waals surface area contributed by atoms with Crippen LogP contribution in [0.15, 0.2) is 91.1 Å². The highest BCUT2D eigenvalue weighted by Gasteiger charge is 2.39. The second kappa shape index (κ2) is 16.6. The van der Waals surface area contributed by atoms with Crippen LogP contribution in [0.25, 0.3) is 44.5 Å². The van der Waals surface area contributed by atoms with E-state index in [1.165, 1.54) is 29.4 Å². The molecule has 2 aliphatic heterocycles. The third kappa shape index (κ3) is 7.69. The van der Waals surface area contributed by atoms with Gasteiger partial charge in [-0.05, 0) is 121 Å². The van der Waals surface area contributed by atoms with E-state index >= 15 is 0 Å². The Balaban J connectivity index is 0.910. The Morgan fingerprint density at radius 1 is 0.770 bits per heavy atom. The number of amides is 3. The summed E-state index contributed by atoms with van der Waals surface area (Å²) < 4.78 is 4.80. The maximum Gasteiger partial charge on any atom is 0.407 e. The molecule has 2 aromatic heterocycles. The number of aromatic amines is 2. The molecule has 2 saturated heterocycles. The summed E-state index contributed by atoms with van der Waals surface area (Å²) in [6.45, 7) is 5.17. The van der Waals surface area contributed by atoms with Gasteiger partial charge >= 0.3 is 6.09 Å². The molecule has 1 unspecified atom stereocenters. The fraction of sp³-hybridized carbons (Fsp3) is 0.367. The Morgan fingerprint density at radius 2 is 1.39 bits per heavy atom. The number of nitrogens with zero attached hydrogens (tertiary/aromatic N) is 5. The first-order valence-electron chi connectivity index (χ1n) is 21.6. The van der Waals surface area contributed by atoms with Gasteiger partial charge in [-0.15, -0.1) is 0 Å². The number of hydrogen-bond acceptors (Lipinski definition) is 7. The van der Waals surface area contributed by atoms with Crippen molar-refractivity contribution < 1.29 is 19.1 Å². The molecule has 0 radical (unpaired) electrons. The van der Waals surface area contributed by atoms with E-state index in [1.54, 1.807) is 0 Å². The number of likely N-dealkylation sites (N-methyl/N-ethyl adjacent to an activating group) is 1. The summed E-state index contributed by atoms with van der Waals surface area (Å²) in [5.74, 6) is 1.49. The van der Waals surface area contributed by atoms with Crippen LogP contribution in [0.1, 0.15) is 86.0 Å². The summed E-state index contributed by atoms with van der Waals surface area (Å²) in [5.41, 5.74) is 12.2. The minimum Gasteiger partial charge on any atom is -0.453 e. The number of methoxy groups -OCH3 is 1. The van der Waals surface area contributed by atoms with Crippen molar-refractivity contribution in [1.29, 1.82) is 0 Å². The molecule has 4 aromatic carbocycles. The number of rotatable bonds is 10. The van der Waals surface area contributed by atoms with Gasteiger partial charge < -0.3 is 29.8 Å². The SMILES string of the molecule is COC(=O)N[C@H](C(=O)N1CCC[C@H]1c1nc2ccc(-c3ccc4c(c3)CCc3cc(-c5cnc([C@@H]6CCCN6C(=O)C(c6ccccc6)N(C)C)[nH]5)ccc3-4)cc2[nH]1)C(C)C. The highest BCUT2D eigenvalue weighted by Crippen LogP contribution is 2.40. The largest absolute Gasteiger partial charge is 0.453 e. The van der Waals surface area contributed by atoms with Gasteiger partial charge in [0.05, 0.1) is 42.1 Å². The van der Waals surface area contributed by atoms with Crippen molar-refractivity contribution in [2.45, 2.75) is 76.5 Å². The number of ether oxygens (including phenoxy) is 1. The van der Waals surface area contributed by atoms with Crippen molar-refractivity contribution in [3.63, 3.8) is 0 Å². The molecule has 3 aliphatic rings. The number of aromatic nitrogens is 4. The van der Waals surface area contributed by atoms with E-state index in [4.69, 9.17) is 14.7 Å². The lowest BCUT2D eigenvalue weighted by Crippen LogP contribution is -2.51. The summed E-state index contributed by atoms with van der Waals surface area (Å²) in [6.07, 6.45) is 6.66. The summed E-state index contributed by atoms with van der Waals surface area (Å²) in [5, 5.41) is 2.73. The predicted molar refractivity (Wildman–Crippen MR) is 236 cm³/mol. The number of carbonyl (C=O) groups is 3. The molecule has 1 aliphatic carbocycles. The van der Waals surface area contributed by atoms with Crippen molar-refractivity contribution in [2.24, 2.45) is 5.92 Å². The van der Waals surface area contributed by atoms with Crippen molar-refractivity contribution >= 4 is 28.9 Å². The van der Waals surface area contributed by atoms with E-state index in [9.17, 15) is 14.4 Å².